The van der Waals surface area contributed by atoms with Gasteiger partial charge in [-0.3, -0.25) is 13.8 Å². The number of carbonyl (C=O) groups is 1. The van der Waals surface area contributed by atoms with Gasteiger partial charge < -0.3 is 39.9 Å². The predicted octanol–water partition coefficient (Wildman–Crippen LogP) is 8.86. The summed E-state index contributed by atoms with van der Waals surface area (Å²) >= 11 is 0. The predicted molar refractivity (Wildman–Crippen MR) is 230 cm³/mol. The van der Waals surface area contributed by atoms with Crippen LogP contribution in [-0.4, -0.2) is 98.9 Å². The van der Waals surface area contributed by atoms with E-state index in [1.807, 2.05) is 0 Å². The SMILES string of the molecule is CCCCC/C=C\C/C=C\CCCCCCCCOCC(COP(=O)(O)OC1C(O)C(O)C(O)C(O)C1O)OC(=O)CCCCCCC/C=C\C/C=C\CCCCC. The number of aliphatic hydroxyl groups is 5. The van der Waals surface area contributed by atoms with Crippen molar-refractivity contribution in [3.05, 3.63) is 48.6 Å². The third kappa shape index (κ3) is 27.9. The van der Waals surface area contributed by atoms with Gasteiger partial charge in [-0.2, -0.15) is 0 Å². The Balaban J connectivity index is 2.44. The summed E-state index contributed by atoms with van der Waals surface area (Å²) in [5, 5.41) is 50.1. The third-order valence-corrected chi connectivity index (χ3v) is 11.2. The maximum atomic E-state index is 12.8. The number of phosphoric acid groups is 1. The average molecular weight is 845 g/mol. The van der Waals surface area contributed by atoms with Crippen LogP contribution in [0, 0.1) is 0 Å². The molecule has 0 aromatic rings. The second kappa shape index (κ2) is 36.0. The van der Waals surface area contributed by atoms with Crippen molar-refractivity contribution in [3.63, 3.8) is 0 Å². The summed E-state index contributed by atoms with van der Waals surface area (Å²) in [6.07, 6.45) is 30.3. The van der Waals surface area contributed by atoms with Crippen molar-refractivity contribution in [2.75, 3.05) is 19.8 Å². The number of hydrogen-bond acceptors (Lipinski definition) is 11. The highest BCUT2D eigenvalue weighted by molar-refractivity contribution is 7.47. The van der Waals surface area contributed by atoms with E-state index in [4.69, 9.17) is 18.5 Å². The Bertz CT molecular complexity index is 1140. The van der Waals surface area contributed by atoms with Crippen LogP contribution >= 0.6 is 7.82 Å². The molecule has 1 saturated carbocycles. The monoisotopic (exact) mass is 845 g/mol. The summed E-state index contributed by atoms with van der Waals surface area (Å²) in [5.74, 6) is -0.497. The van der Waals surface area contributed by atoms with Gasteiger partial charge in [0.1, 0.15) is 42.7 Å². The lowest BCUT2D eigenvalue weighted by Gasteiger charge is -2.41. The van der Waals surface area contributed by atoms with E-state index < -0.39 is 63.1 Å². The Kier molecular flexibility index (Phi) is 33.7. The molecule has 338 valence electrons. The van der Waals surface area contributed by atoms with Crippen molar-refractivity contribution in [1.82, 2.24) is 0 Å². The fourth-order valence-corrected chi connectivity index (χ4v) is 7.50. The quantitative estimate of drug-likeness (QED) is 0.0151. The van der Waals surface area contributed by atoms with Gasteiger partial charge in [0.05, 0.1) is 13.2 Å². The Morgan fingerprint density at radius 2 is 0.966 bits per heavy atom. The van der Waals surface area contributed by atoms with Crippen molar-refractivity contribution in [1.29, 1.82) is 0 Å². The minimum absolute atomic E-state index is 0.0908. The molecule has 0 spiro atoms. The summed E-state index contributed by atoms with van der Waals surface area (Å²) in [4.78, 5) is 23.1. The Labute approximate surface area is 350 Å². The van der Waals surface area contributed by atoms with Gasteiger partial charge in [0.25, 0.3) is 0 Å². The lowest BCUT2D eigenvalue weighted by atomic mass is 9.85. The molecule has 0 heterocycles. The van der Waals surface area contributed by atoms with Crippen molar-refractivity contribution in [2.24, 2.45) is 0 Å². The molecule has 1 fully saturated rings. The van der Waals surface area contributed by atoms with Crippen molar-refractivity contribution >= 4 is 13.8 Å². The fourth-order valence-electron chi connectivity index (χ4n) is 6.53. The zero-order valence-corrected chi connectivity index (χ0v) is 36.7. The number of hydrogen-bond donors (Lipinski definition) is 6. The van der Waals surface area contributed by atoms with Crippen molar-refractivity contribution < 1.29 is 58.3 Å². The summed E-state index contributed by atoms with van der Waals surface area (Å²) in [6, 6.07) is 0. The Morgan fingerprint density at radius 3 is 1.45 bits per heavy atom. The third-order valence-electron chi connectivity index (χ3n) is 10.2. The molecule has 0 bridgehead atoms. The standard InChI is InChI=1S/C45H81O12P/c1-3-5-7-9-11-13-15-17-19-21-23-25-27-29-31-33-35-54-36-38(37-55-58(52,53)57-45-43(50)41(48)40(47)42(49)44(45)51)56-39(46)34-32-30-28-26-24-22-20-18-16-14-12-10-8-6-4-2/h11-14,17-20,38,40-45,47-51H,3-10,15-16,21-37H2,1-2H3,(H,52,53)/b13-11-,14-12-,19-17-,20-18-. The number of ether oxygens (including phenoxy) is 2. The van der Waals surface area contributed by atoms with Crippen LogP contribution in [0.1, 0.15) is 168 Å². The highest BCUT2D eigenvalue weighted by Crippen LogP contribution is 2.47. The van der Waals surface area contributed by atoms with Crippen LogP contribution in [-0.2, 0) is 27.9 Å². The van der Waals surface area contributed by atoms with Crippen LogP contribution in [0.25, 0.3) is 0 Å². The first kappa shape index (κ1) is 54.3. The van der Waals surface area contributed by atoms with E-state index in [1.165, 1.54) is 51.4 Å². The number of esters is 1. The minimum Gasteiger partial charge on any atom is -0.457 e. The largest absolute Gasteiger partial charge is 0.472 e. The lowest BCUT2D eigenvalue weighted by molar-refractivity contribution is -0.220. The Morgan fingerprint density at radius 1 is 0.552 bits per heavy atom. The number of phosphoric ester groups is 1. The second-order valence-corrected chi connectivity index (χ2v) is 16.9. The zero-order valence-electron chi connectivity index (χ0n) is 35.8. The molecule has 6 N–H and O–H groups in total. The molecule has 1 aliphatic carbocycles. The molecule has 1 rings (SSSR count). The number of unbranched alkanes of at least 4 members (excludes halogenated alkanes) is 17. The molecule has 0 aromatic heterocycles. The summed E-state index contributed by atoms with van der Waals surface area (Å²) < 4.78 is 34.1. The van der Waals surface area contributed by atoms with E-state index in [1.54, 1.807) is 0 Å². The zero-order chi connectivity index (χ0) is 42.7. The molecule has 0 aromatic carbocycles. The van der Waals surface area contributed by atoms with E-state index in [9.17, 15) is 39.8 Å². The highest BCUT2D eigenvalue weighted by Gasteiger charge is 2.51. The molecule has 12 nitrogen and oxygen atoms in total. The number of allylic oxidation sites excluding steroid dienone is 8. The van der Waals surface area contributed by atoms with Gasteiger partial charge in [-0.1, -0.05) is 133 Å². The van der Waals surface area contributed by atoms with Gasteiger partial charge in [0.2, 0.25) is 0 Å². The molecule has 1 aliphatic rings. The Hall–Kier alpha value is -1.70. The molecular weight excluding hydrogens is 763 g/mol. The maximum Gasteiger partial charge on any atom is 0.472 e. The van der Waals surface area contributed by atoms with E-state index in [2.05, 4.69) is 62.5 Å². The first-order chi connectivity index (χ1) is 28.0. The van der Waals surface area contributed by atoms with Crippen molar-refractivity contribution in [2.45, 2.75) is 211 Å². The van der Waals surface area contributed by atoms with Gasteiger partial charge in [-0.15, -0.1) is 0 Å². The minimum atomic E-state index is -5.02. The van der Waals surface area contributed by atoms with E-state index in [0.717, 1.165) is 89.9 Å². The first-order valence-electron chi connectivity index (χ1n) is 22.5. The molecule has 0 saturated heterocycles. The topological polar surface area (TPSA) is 192 Å². The summed E-state index contributed by atoms with van der Waals surface area (Å²) in [7, 11) is -5.02. The van der Waals surface area contributed by atoms with E-state index >= 15 is 0 Å². The van der Waals surface area contributed by atoms with Crippen LogP contribution in [0.3, 0.4) is 0 Å². The normalized spacial score (nSPS) is 23.1. The summed E-state index contributed by atoms with van der Waals surface area (Å²) in [5.41, 5.74) is 0. The fraction of sp³-hybridized carbons (Fsp3) is 0.800. The van der Waals surface area contributed by atoms with E-state index in [0.29, 0.717) is 13.0 Å². The highest BCUT2D eigenvalue weighted by atomic mass is 31.2. The summed E-state index contributed by atoms with van der Waals surface area (Å²) in [6.45, 7) is 4.16. The first-order valence-corrected chi connectivity index (χ1v) is 24.0. The van der Waals surface area contributed by atoms with Gasteiger partial charge in [0, 0.05) is 13.0 Å². The number of carbonyl (C=O) groups excluding carboxylic acids is 1. The molecular formula is C45H81O12P. The van der Waals surface area contributed by atoms with Crippen LogP contribution in [0.5, 0.6) is 0 Å². The molecule has 13 heteroatoms. The van der Waals surface area contributed by atoms with Crippen LogP contribution < -0.4 is 0 Å². The van der Waals surface area contributed by atoms with Crippen LogP contribution in [0.4, 0.5) is 0 Å². The molecule has 6 atom stereocenters. The van der Waals surface area contributed by atoms with E-state index in [-0.39, 0.29) is 13.0 Å². The maximum absolute atomic E-state index is 12.8. The van der Waals surface area contributed by atoms with Crippen LogP contribution in [0.15, 0.2) is 48.6 Å². The van der Waals surface area contributed by atoms with Gasteiger partial charge in [-0.25, -0.2) is 4.57 Å². The van der Waals surface area contributed by atoms with Crippen molar-refractivity contribution in [3.8, 4) is 0 Å². The molecule has 58 heavy (non-hydrogen) atoms. The van der Waals surface area contributed by atoms with Gasteiger partial charge >= 0.3 is 13.8 Å². The molecule has 0 amide bonds. The molecule has 6 unspecified atom stereocenters. The molecule has 0 radical (unpaired) electrons. The lowest BCUT2D eigenvalue weighted by Crippen LogP contribution is -2.64. The number of aliphatic hydroxyl groups excluding tert-OH is 5. The van der Waals surface area contributed by atoms with Gasteiger partial charge in [0.15, 0.2) is 0 Å². The average Bonchev–Trinajstić information content (AvgIpc) is 3.21. The smallest absolute Gasteiger partial charge is 0.457 e. The second-order valence-electron chi connectivity index (χ2n) is 15.5. The molecule has 0 aliphatic heterocycles. The van der Waals surface area contributed by atoms with Crippen LogP contribution in [0.2, 0.25) is 0 Å². The number of rotatable bonds is 37. The van der Waals surface area contributed by atoms with Gasteiger partial charge in [-0.05, 0) is 77.0 Å².